The highest BCUT2D eigenvalue weighted by Crippen LogP contribution is 2.36. The van der Waals surface area contributed by atoms with E-state index >= 15 is 0 Å². The highest BCUT2D eigenvalue weighted by Gasteiger charge is 2.30. The standard InChI is InChI=1S/C30H37ClN4O5S/c1-41(38,39)34-15-12-28-26(21-34)30(32-35(28)14-3-13-33-16-18-40-19-17-33)24-10-11-27(31)25(20-24)23-8-6-22(7-9-23)4-2-5-29(36)37/h6-11,20H,2-5,12-19,21H2,1H3,(H,36,37). The van der Waals surface area contributed by atoms with Crippen molar-refractivity contribution >= 4 is 27.6 Å². The molecule has 2 aliphatic heterocycles. The Morgan fingerprint density at radius 1 is 1.02 bits per heavy atom. The monoisotopic (exact) mass is 600 g/mol. The zero-order chi connectivity index (χ0) is 29.0. The number of halogens is 1. The van der Waals surface area contributed by atoms with Crippen LogP contribution >= 0.6 is 11.6 Å². The van der Waals surface area contributed by atoms with E-state index in [9.17, 15) is 13.2 Å². The minimum absolute atomic E-state index is 0.149. The van der Waals surface area contributed by atoms with Gasteiger partial charge in [0.25, 0.3) is 0 Å². The van der Waals surface area contributed by atoms with Gasteiger partial charge < -0.3 is 9.84 Å². The minimum Gasteiger partial charge on any atom is -0.481 e. The summed E-state index contributed by atoms with van der Waals surface area (Å²) >= 11 is 6.66. The van der Waals surface area contributed by atoms with Crippen LogP contribution in [0.5, 0.6) is 0 Å². The van der Waals surface area contributed by atoms with E-state index in [-0.39, 0.29) is 6.42 Å². The number of ether oxygens (including phenoxy) is 1. The van der Waals surface area contributed by atoms with Gasteiger partial charge in [-0.2, -0.15) is 9.40 Å². The van der Waals surface area contributed by atoms with Gasteiger partial charge in [-0.05, 0) is 42.5 Å². The maximum atomic E-state index is 12.4. The molecule has 0 atom stereocenters. The van der Waals surface area contributed by atoms with Crippen LogP contribution in [-0.4, -0.2) is 84.1 Å². The Morgan fingerprint density at radius 2 is 1.76 bits per heavy atom. The summed E-state index contributed by atoms with van der Waals surface area (Å²) in [6.07, 6.45) is 4.28. The quantitative estimate of drug-likeness (QED) is 0.349. The molecule has 0 bridgehead atoms. The maximum Gasteiger partial charge on any atom is 0.303 e. The molecule has 1 saturated heterocycles. The number of carboxylic acids is 1. The summed E-state index contributed by atoms with van der Waals surface area (Å²) in [6, 6.07) is 13.9. The smallest absolute Gasteiger partial charge is 0.303 e. The van der Waals surface area contributed by atoms with E-state index in [4.69, 9.17) is 26.5 Å². The normalized spacial score (nSPS) is 16.5. The Kier molecular flexibility index (Phi) is 9.45. The zero-order valence-electron chi connectivity index (χ0n) is 23.4. The van der Waals surface area contributed by atoms with Crippen molar-refractivity contribution < 1.29 is 23.1 Å². The van der Waals surface area contributed by atoms with Gasteiger partial charge in [0.2, 0.25) is 10.0 Å². The van der Waals surface area contributed by atoms with Gasteiger partial charge in [-0.3, -0.25) is 14.4 Å². The number of morpholine rings is 1. The van der Waals surface area contributed by atoms with Crippen LogP contribution in [0, 0.1) is 0 Å². The lowest BCUT2D eigenvalue weighted by atomic mass is 9.97. The summed E-state index contributed by atoms with van der Waals surface area (Å²) in [4.78, 5) is 13.2. The van der Waals surface area contributed by atoms with Crippen LogP contribution in [0.3, 0.4) is 0 Å². The van der Waals surface area contributed by atoms with E-state index in [1.54, 1.807) is 0 Å². The molecule has 0 radical (unpaired) electrons. The van der Waals surface area contributed by atoms with E-state index in [2.05, 4.69) is 9.58 Å². The highest BCUT2D eigenvalue weighted by molar-refractivity contribution is 7.88. The number of nitrogens with zero attached hydrogens (tertiary/aromatic N) is 4. The number of aryl methyl sites for hydroxylation is 2. The Hall–Kier alpha value is -2.76. The van der Waals surface area contributed by atoms with Gasteiger partial charge in [0.15, 0.2) is 0 Å². The predicted molar refractivity (Wildman–Crippen MR) is 160 cm³/mol. The molecule has 2 aromatic carbocycles. The fourth-order valence-corrected chi connectivity index (χ4v) is 6.64. The number of carboxylic acid groups (broad SMARTS) is 1. The number of rotatable bonds is 11. The second-order valence-corrected chi connectivity index (χ2v) is 13.2. The molecule has 220 valence electrons. The number of benzene rings is 2. The Labute approximate surface area is 246 Å². The first-order valence-electron chi connectivity index (χ1n) is 14.1. The second-order valence-electron chi connectivity index (χ2n) is 10.8. The Balaban J connectivity index is 1.42. The Bertz CT molecular complexity index is 1480. The van der Waals surface area contributed by atoms with Gasteiger partial charge >= 0.3 is 5.97 Å². The summed E-state index contributed by atoms with van der Waals surface area (Å²) in [6.45, 7) is 5.93. The van der Waals surface area contributed by atoms with E-state index in [1.807, 2.05) is 42.5 Å². The molecule has 1 N–H and O–H groups in total. The second kappa shape index (κ2) is 13.0. The molecule has 0 spiro atoms. The molecule has 0 unspecified atom stereocenters. The molecule has 3 heterocycles. The van der Waals surface area contributed by atoms with Crippen molar-refractivity contribution in [1.82, 2.24) is 19.0 Å². The maximum absolute atomic E-state index is 12.4. The summed E-state index contributed by atoms with van der Waals surface area (Å²) in [7, 11) is -3.34. The number of hydrogen-bond acceptors (Lipinski definition) is 6. The van der Waals surface area contributed by atoms with Crippen molar-refractivity contribution in [3.63, 3.8) is 0 Å². The van der Waals surface area contributed by atoms with Crippen LogP contribution in [0.25, 0.3) is 22.4 Å². The van der Waals surface area contributed by atoms with Gasteiger partial charge in [0.1, 0.15) is 0 Å². The first kappa shape index (κ1) is 29.7. The number of aromatic nitrogens is 2. The molecule has 41 heavy (non-hydrogen) atoms. The average molecular weight is 601 g/mol. The van der Waals surface area contributed by atoms with Crippen molar-refractivity contribution in [2.75, 3.05) is 45.6 Å². The molecule has 0 aliphatic carbocycles. The molecule has 1 aromatic heterocycles. The van der Waals surface area contributed by atoms with Crippen molar-refractivity contribution in [1.29, 1.82) is 0 Å². The Morgan fingerprint density at radius 3 is 2.46 bits per heavy atom. The molecular weight excluding hydrogens is 564 g/mol. The third-order valence-electron chi connectivity index (χ3n) is 7.88. The molecule has 1 fully saturated rings. The van der Waals surface area contributed by atoms with Crippen LogP contribution in [0.4, 0.5) is 0 Å². The fourth-order valence-electron chi connectivity index (χ4n) is 5.62. The van der Waals surface area contributed by atoms with Crippen LogP contribution in [0.1, 0.15) is 36.1 Å². The molecule has 11 heteroatoms. The molecule has 3 aromatic rings. The number of hydrogen-bond donors (Lipinski definition) is 1. The van der Waals surface area contributed by atoms with Crippen LogP contribution in [0.2, 0.25) is 5.02 Å². The number of sulfonamides is 1. The first-order chi connectivity index (χ1) is 19.7. The molecule has 2 aliphatic rings. The van der Waals surface area contributed by atoms with Crippen molar-refractivity contribution in [3.8, 4) is 22.4 Å². The molecule has 0 amide bonds. The molecule has 9 nitrogen and oxygen atoms in total. The summed E-state index contributed by atoms with van der Waals surface area (Å²) < 4.78 is 34.0. The number of fused-ring (bicyclic) bond motifs is 1. The summed E-state index contributed by atoms with van der Waals surface area (Å²) in [5.74, 6) is -0.786. The molecule has 5 rings (SSSR count). The minimum atomic E-state index is -3.34. The van der Waals surface area contributed by atoms with E-state index in [1.165, 1.54) is 10.6 Å². The van der Waals surface area contributed by atoms with Gasteiger partial charge in [-0.1, -0.05) is 41.9 Å². The summed E-state index contributed by atoms with van der Waals surface area (Å²) in [5.41, 5.74) is 6.65. The molecular formula is C30H37ClN4O5S. The van der Waals surface area contributed by atoms with E-state index in [0.717, 1.165) is 85.0 Å². The third kappa shape index (κ3) is 7.37. The van der Waals surface area contributed by atoms with Crippen molar-refractivity contribution in [3.05, 3.63) is 64.3 Å². The lowest BCUT2D eigenvalue weighted by Gasteiger charge is -2.27. The summed E-state index contributed by atoms with van der Waals surface area (Å²) in [5, 5.41) is 14.6. The average Bonchev–Trinajstić information content (AvgIpc) is 3.32. The lowest BCUT2D eigenvalue weighted by Crippen LogP contribution is -2.37. The van der Waals surface area contributed by atoms with Gasteiger partial charge in [-0.25, -0.2) is 8.42 Å². The predicted octanol–water partition coefficient (Wildman–Crippen LogP) is 4.32. The molecule has 0 saturated carbocycles. The van der Waals surface area contributed by atoms with Crippen LogP contribution < -0.4 is 0 Å². The van der Waals surface area contributed by atoms with Crippen molar-refractivity contribution in [2.24, 2.45) is 0 Å². The first-order valence-corrected chi connectivity index (χ1v) is 16.4. The lowest BCUT2D eigenvalue weighted by molar-refractivity contribution is -0.137. The van der Waals surface area contributed by atoms with Gasteiger partial charge in [-0.15, -0.1) is 0 Å². The zero-order valence-corrected chi connectivity index (χ0v) is 25.0. The third-order valence-corrected chi connectivity index (χ3v) is 9.46. The van der Waals surface area contributed by atoms with Crippen molar-refractivity contribution in [2.45, 2.75) is 45.2 Å². The fraction of sp³-hybridized carbons (Fsp3) is 0.467. The van der Waals surface area contributed by atoms with Crippen LogP contribution in [0.15, 0.2) is 42.5 Å². The largest absolute Gasteiger partial charge is 0.481 e. The number of carbonyl (C=O) groups is 1. The van der Waals surface area contributed by atoms with Gasteiger partial charge in [0, 0.05) is 79.5 Å². The van der Waals surface area contributed by atoms with E-state index in [0.29, 0.717) is 37.4 Å². The highest BCUT2D eigenvalue weighted by atomic mass is 35.5. The van der Waals surface area contributed by atoms with E-state index < -0.39 is 16.0 Å². The number of aliphatic carboxylic acids is 1. The topological polar surface area (TPSA) is 105 Å². The SMILES string of the molecule is CS(=O)(=O)N1CCc2c(c(-c3ccc(Cl)c(-c4ccc(CCCC(=O)O)cc4)c3)nn2CCCN2CCOCC2)C1. The van der Waals surface area contributed by atoms with Gasteiger partial charge in [0.05, 0.1) is 25.2 Å². The van der Waals surface area contributed by atoms with Crippen LogP contribution in [-0.2, 0) is 45.5 Å².